The molecule has 5 nitrogen and oxygen atoms in total. The molecule has 0 aromatic heterocycles. The summed E-state index contributed by atoms with van der Waals surface area (Å²) in [7, 11) is 0. The molecule has 22 heavy (non-hydrogen) atoms. The number of benzene rings is 2. The van der Waals surface area contributed by atoms with E-state index < -0.39 is 0 Å². The molecule has 120 valence electrons. The van der Waals surface area contributed by atoms with Gasteiger partial charge in [0, 0.05) is 18.1 Å². The molecule has 7 heteroatoms. The van der Waals surface area contributed by atoms with Crippen LogP contribution in [-0.4, -0.2) is 21.9 Å². The first-order valence-electron chi connectivity index (χ1n) is 6.59. The standard InChI is InChI=1S/C15H16N2O3.2BrH/c16-12-2-1-9(18)6-11(12)15-10-7-14(20)13(19)5-8(10)3-4-17-15;;/h1-2,5-7,15,17-20H,3-4,16H2;2*1H. The van der Waals surface area contributed by atoms with Crippen molar-refractivity contribution in [2.24, 2.45) is 0 Å². The Balaban J connectivity index is 0.00000121. The van der Waals surface area contributed by atoms with Gasteiger partial charge in [-0.1, -0.05) is 0 Å². The summed E-state index contributed by atoms with van der Waals surface area (Å²) in [5.41, 5.74) is 7.77. The van der Waals surface area contributed by atoms with Gasteiger partial charge in [-0.3, -0.25) is 0 Å². The molecule has 0 radical (unpaired) electrons. The Morgan fingerprint density at radius 1 is 0.955 bits per heavy atom. The van der Waals surface area contributed by atoms with Crippen molar-refractivity contribution in [3.05, 3.63) is 47.0 Å². The molecular weight excluding hydrogens is 416 g/mol. The first kappa shape index (κ1) is 18.8. The van der Waals surface area contributed by atoms with Crippen LogP contribution in [0.1, 0.15) is 22.7 Å². The summed E-state index contributed by atoms with van der Waals surface area (Å²) in [5.74, 6) is 0.000829. The number of phenols is 3. The van der Waals surface area contributed by atoms with Crippen molar-refractivity contribution in [3.63, 3.8) is 0 Å². The Morgan fingerprint density at radius 2 is 1.64 bits per heavy atom. The monoisotopic (exact) mass is 432 g/mol. The van der Waals surface area contributed by atoms with Crippen LogP contribution in [0.4, 0.5) is 5.69 Å². The highest BCUT2D eigenvalue weighted by Gasteiger charge is 2.29. The molecule has 2 aromatic rings. The van der Waals surface area contributed by atoms with Gasteiger partial charge in [0.15, 0.2) is 11.5 Å². The van der Waals surface area contributed by atoms with Crippen molar-refractivity contribution >= 4 is 5.69 Å². The number of phenolic OH excluding ortho intramolecular Hbond substituents is 3. The topological polar surface area (TPSA) is 105 Å². The van der Waals surface area contributed by atoms with Gasteiger partial charge in [0.25, 0.3) is 0 Å². The molecular formula is C15H18Br2N2O3. The van der Waals surface area contributed by atoms with Crippen LogP contribution in [0.3, 0.4) is 0 Å². The lowest BCUT2D eigenvalue weighted by atomic mass is 9.88. The Morgan fingerprint density at radius 3 is 2.36 bits per heavy atom. The van der Waals surface area contributed by atoms with Crippen LogP contribution >= 0.6 is 0 Å². The van der Waals surface area contributed by atoms with Gasteiger partial charge in [0.1, 0.15) is 17.5 Å². The number of aromatic hydroxyl groups is 3. The maximum atomic E-state index is 9.73. The zero-order valence-electron chi connectivity index (χ0n) is 11.8. The first-order valence-corrected chi connectivity index (χ1v) is 6.59. The second-order valence-corrected chi connectivity index (χ2v) is 5.17. The van der Waals surface area contributed by atoms with Gasteiger partial charge in [0.2, 0.25) is 0 Å². The molecule has 1 aliphatic heterocycles. The minimum absolute atomic E-state index is 0. The molecule has 1 unspecified atom stereocenters. The molecule has 0 bridgehead atoms. The second kappa shape index (κ2) is 7.32. The van der Waals surface area contributed by atoms with Crippen LogP contribution in [0.25, 0.3) is 0 Å². The summed E-state index contributed by atoms with van der Waals surface area (Å²) in [4.78, 5) is 0. The summed E-state index contributed by atoms with van der Waals surface area (Å²) in [6.07, 6.45) is 0.838. The first-order chi connectivity index (χ1) is 9.56. The van der Waals surface area contributed by atoms with E-state index in [-0.39, 0.29) is 57.3 Å². The average Bonchev–Trinajstić information content (AvgIpc) is 2.42. The molecule has 8 N–H and O–H groups in total. The van der Waals surface area contributed by atoms with E-state index in [1.807, 2.05) is 0 Å². The van der Waals surface area contributed by atoms with Gasteiger partial charge in [-0.25, -0.2) is 0 Å². The molecule has 0 spiro atoms. The zero-order valence-corrected chi connectivity index (χ0v) is 14.9. The van der Waals surface area contributed by atoms with Gasteiger partial charge >= 0.3 is 0 Å². The molecule has 0 fully saturated rings. The molecule has 0 saturated carbocycles. The maximum Gasteiger partial charge on any atom is 0.157 e. The Kier molecular flexibility index (Phi) is 6.25. The molecule has 0 aliphatic carbocycles. The number of halogens is 2. The van der Waals surface area contributed by atoms with Crippen molar-refractivity contribution < 1.29 is 60.3 Å². The van der Waals surface area contributed by atoms with Gasteiger partial charge in [-0.2, -0.15) is 0 Å². The van der Waals surface area contributed by atoms with Crippen LogP contribution in [0, 0.1) is 0 Å². The van der Waals surface area contributed by atoms with Gasteiger partial charge < -0.3 is 60.3 Å². The van der Waals surface area contributed by atoms with E-state index in [1.165, 1.54) is 0 Å². The Labute approximate surface area is 149 Å². The quantitative estimate of drug-likeness (QED) is 0.289. The van der Waals surface area contributed by atoms with Crippen molar-refractivity contribution in [2.75, 3.05) is 6.54 Å². The predicted molar refractivity (Wildman–Crippen MR) is 72.8 cm³/mol. The van der Waals surface area contributed by atoms with E-state index in [4.69, 9.17) is 0 Å². The highest BCUT2D eigenvalue weighted by Crippen LogP contribution is 2.35. The van der Waals surface area contributed by atoms with Crippen molar-refractivity contribution in [1.29, 1.82) is 0 Å². The third-order valence-electron chi connectivity index (χ3n) is 3.85. The predicted octanol–water partition coefficient (Wildman–Crippen LogP) is -6.11. The largest absolute Gasteiger partial charge is 1.00 e. The number of nitrogens with two attached hydrogens (primary N) is 1. The van der Waals surface area contributed by atoms with E-state index >= 15 is 0 Å². The van der Waals surface area contributed by atoms with Crippen LogP contribution < -0.4 is 45.0 Å². The Hall–Kier alpha value is -1.28. The summed E-state index contributed by atoms with van der Waals surface area (Å²) in [5, 5.41) is 31.2. The molecule has 2 aromatic carbocycles. The minimum atomic E-state index is -0.116. The number of hydrogen-bond donors (Lipinski definition) is 5. The summed E-state index contributed by atoms with van der Waals surface area (Å²) in [6.45, 7) is 0.886. The molecule has 1 aliphatic rings. The van der Waals surface area contributed by atoms with E-state index in [0.717, 1.165) is 35.3 Å². The van der Waals surface area contributed by atoms with Crippen LogP contribution in [-0.2, 0) is 6.42 Å². The molecule has 3 rings (SSSR count). The van der Waals surface area contributed by atoms with Gasteiger partial charge in [-0.15, -0.1) is 0 Å². The third-order valence-corrected chi connectivity index (χ3v) is 3.85. The van der Waals surface area contributed by atoms with Crippen LogP contribution in [0.2, 0.25) is 0 Å². The number of rotatable bonds is 1. The fourth-order valence-corrected chi connectivity index (χ4v) is 2.84. The third kappa shape index (κ3) is 3.38. The van der Waals surface area contributed by atoms with Gasteiger partial charge in [-0.05, 0) is 29.8 Å². The van der Waals surface area contributed by atoms with E-state index in [9.17, 15) is 15.3 Å². The lowest BCUT2D eigenvalue weighted by Crippen LogP contribution is -3.00. The number of fused-ring (bicyclic) bond motifs is 1. The molecule has 1 atom stereocenters. The summed E-state index contributed by atoms with van der Waals surface area (Å²) in [6, 6.07) is 8.31. The minimum Gasteiger partial charge on any atom is -1.00 e. The van der Waals surface area contributed by atoms with E-state index in [2.05, 4.69) is 11.1 Å². The smallest absolute Gasteiger partial charge is 0.157 e. The SMILES string of the molecule is [Br-].[Br-].[NH3+]c1ccc(O)cc1C1[NH2+]CCc2cc(O)c(O)cc21. The maximum absolute atomic E-state index is 9.73. The van der Waals surface area contributed by atoms with E-state index in [1.54, 1.807) is 30.3 Å². The lowest BCUT2D eigenvalue weighted by molar-refractivity contribution is -0.690. The lowest BCUT2D eigenvalue weighted by Gasteiger charge is -2.24. The van der Waals surface area contributed by atoms with Gasteiger partial charge in [0.05, 0.1) is 12.1 Å². The molecule has 0 amide bonds. The normalized spacial score (nSPS) is 16.1. The fourth-order valence-electron chi connectivity index (χ4n) is 2.84. The van der Waals surface area contributed by atoms with E-state index in [0.29, 0.717) is 0 Å². The average molecular weight is 434 g/mol. The summed E-state index contributed by atoms with van der Waals surface area (Å²) >= 11 is 0. The highest BCUT2D eigenvalue weighted by molar-refractivity contribution is 5.53. The fraction of sp³-hybridized carbons (Fsp3) is 0.200. The highest BCUT2D eigenvalue weighted by atomic mass is 79.9. The second-order valence-electron chi connectivity index (χ2n) is 5.17. The van der Waals surface area contributed by atoms with Crippen molar-refractivity contribution in [1.82, 2.24) is 0 Å². The Bertz CT molecular complexity index is 680. The molecule has 0 saturated heterocycles. The number of hydrogen-bond acceptors (Lipinski definition) is 3. The number of quaternary nitrogens is 2. The van der Waals surface area contributed by atoms with Crippen molar-refractivity contribution in [2.45, 2.75) is 12.5 Å². The van der Waals surface area contributed by atoms with Crippen LogP contribution in [0.5, 0.6) is 17.2 Å². The van der Waals surface area contributed by atoms with Crippen LogP contribution in [0.15, 0.2) is 30.3 Å². The summed E-state index contributed by atoms with van der Waals surface area (Å²) < 4.78 is 0. The molecule has 1 heterocycles. The van der Waals surface area contributed by atoms with Crippen molar-refractivity contribution in [3.8, 4) is 17.2 Å². The zero-order chi connectivity index (χ0) is 14.3.